The maximum absolute atomic E-state index is 3.49. The summed E-state index contributed by atoms with van der Waals surface area (Å²) in [6.07, 6.45) is 7.92. The van der Waals surface area contributed by atoms with E-state index in [0.29, 0.717) is 0 Å². The third-order valence-corrected chi connectivity index (χ3v) is 6.26. The summed E-state index contributed by atoms with van der Waals surface area (Å²) in [4.78, 5) is 2.60. The van der Waals surface area contributed by atoms with Crippen LogP contribution in [0, 0.1) is 0 Å². The molecule has 0 bridgehead atoms. The Kier molecular flexibility index (Phi) is 9.14. The Morgan fingerprint density at radius 2 is 1.32 bits per heavy atom. The molecule has 0 spiro atoms. The predicted octanol–water partition coefficient (Wildman–Crippen LogP) is 7.87. The van der Waals surface area contributed by atoms with Crippen LogP contribution in [0.15, 0.2) is 101 Å². The van der Waals surface area contributed by atoms with Crippen molar-refractivity contribution in [2.75, 3.05) is 19.6 Å². The first kappa shape index (κ1) is 23.5. The minimum absolute atomic E-state index is 0. The topological polar surface area (TPSA) is 3.24 Å². The van der Waals surface area contributed by atoms with E-state index in [9.17, 15) is 0 Å². The van der Waals surface area contributed by atoms with Crippen molar-refractivity contribution in [3.63, 3.8) is 0 Å². The van der Waals surface area contributed by atoms with Gasteiger partial charge in [0.05, 0.1) is 0 Å². The zero-order valence-corrected chi connectivity index (χ0v) is 20.1. The second-order valence-electron chi connectivity index (χ2n) is 7.79. The lowest BCUT2D eigenvalue weighted by Crippen LogP contribution is -2.31. The lowest BCUT2D eigenvalue weighted by atomic mass is 9.88. The number of hydrogen-bond donors (Lipinski definition) is 0. The molecule has 0 unspecified atom stereocenters. The number of halogens is 2. The van der Waals surface area contributed by atoms with Crippen LogP contribution in [-0.4, -0.2) is 24.5 Å². The summed E-state index contributed by atoms with van der Waals surface area (Å²) in [6, 6.07) is 30.2. The maximum atomic E-state index is 3.49. The molecule has 1 saturated heterocycles. The molecule has 0 aromatic heterocycles. The molecule has 1 aliphatic heterocycles. The maximum Gasteiger partial charge on any atom is 0.0175 e. The van der Waals surface area contributed by atoms with Gasteiger partial charge in [0, 0.05) is 24.1 Å². The minimum atomic E-state index is 0. The molecule has 3 aromatic rings. The molecule has 0 atom stereocenters. The van der Waals surface area contributed by atoms with Crippen molar-refractivity contribution in [1.29, 1.82) is 0 Å². The molecular formula is C28H29BrClN. The standard InChI is InChI=1S/C28H28BrN.ClH/c29-27-16-14-23(15-17-27)9-7-8-20-30-21-18-26(19-22-30)28(24-10-3-1-4-11-24)25-12-5-2-6-13-25;/h1-7,9-17H,8,18-22H2;1H/b9-7+;. The van der Waals surface area contributed by atoms with E-state index in [1.54, 1.807) is 5.57 Å². The zero-order chi connectivity index (χ0) is 20.6. The number of benzene rings is 3. The fourth-order valence-electron chi connectivity index (χ4n) is 4.13. The molecule has 1 heterocycles. The number of hydrogen-bond acceptors (Lipinski definition) is 1. The predicted molar refractivity (Wildman–Crippen MR) is 140 cm³/mol. The van der Waals surface area contributed by atoms with E-state index in [0.717, 1.165) is 43.4 Å². The van der Waals surface area contributed by atoms with Crippen LogP contribution in [0.2, 0.25) is 0 Å². The van der Waals surface area contributed by atoms with E-state index < -0.39 is 0 Å². The first-order chi connectivity index (χ1) is 14.8. The zero-order valence-electron chi connectivity index (χ0n) is 17.7. The van der Waals surface area contributed by atoms with Crippen LogP contribution in [-0.2, 0) is 0 Å². The Balaban J connectivity index is 0.00000272. The lowest BCUT2D eigenvalue weighted by Gasteiger charge is -2.30. The van der Waals surface area contributed by atoms with Gasteiger partial charge in [-0.05, 0) is 53.7 Å². The van der Waals surface area contributed by atoms with E-state index in [4.69, 9.17) is 0 Å². The number of piperidine rings is 1. The summed E-state index contributed by atoms with van der Waals surface area (Å²) in [7, 11) is 0. The van der Waals surface area contributed by atoms with Gasteiger partial charge in [-0.25, -0.2) is 0 Å². The Morgan fingerprint density at radius 3 is 1.87 bits per heavy atom. The molecule has 31 heavy (non-hydrogen) atoms. The summed E-state index contributed by atoms with van der Waals surface area (Å²) in [5.41, 5.74) is 6.96. The molecule has 0 N–H and O–H groups in total. The molecule has 1 fully saturated rings. The lowest BCUT2D eigenvalue weighted by molar-refractivity contribution is 0.262. The molecule has 0 radical (unpaired) electrons. The molecule has 0 aliphatic carbocycles. The molecule has 3 aromatic carbocycles. The average Bonchev–Trinajstić information content (AvgIpc) is 2.80. The average molecular weight is 495 g/mol. The van der Waals surface area contributed by atoms with Gasteiger partial charge in [0.25, 0.3) is 0 Å². The van der Waals surface area contributed by atoms with Crippen LogP contribution in [0.1, 0.15) is 36.0 Å². The van der Waals surface area contributed by atoms with E-state index in [-0.39, 0.29) is 12.4 Å². The van der Waals surface area contributed by atoms with Crippen molar-refractivity contribution < 1.29 is 0 Å². The van der Waals surface area contributed by atoms with E-state index in [1.807, 2.05) is 0 Å². The van der Waals surface area contributed by atoms with Crippen molar-refractivity contribution in [3.8, 4) is 0 Å². The molecule has 1 nitrogen and oxygen atoms in total. The summed E-state index contributed by atoms with van der Waals surface area (Å²) in [6.45, 7) is 3.42. The second-order valence-corrected chi connectivity index (χ2v) is 8.71. The summed E-state index contributed by atoms with van der Waals surface area (Å²) in [5.74, 6) is 0. The number of likely N-dealkylation sites (tertiary alicyclic amines) is 1. The third-order valence-electron chi connectivity index (χ3n) is 5.73. The summed E-state index contributed by atoms with van der Waals surface area (Å²) in [5, 5.41) is 0. The molecule has 1 aliphatic rings. The number of rotatable bonds is 6. The first-order valence-electron chi connectivity index (χ1n) is 10.8. The van der Waals surface area contributed by atoms with Gasteiger partial charge in [-0.15, -0.1) is 12.4 Å². The largest absolute Gasteiger partial charge is 0.302 e. The van der Waals surface area contributed by atoms with Crippen molar-refractivity contribution in [1.82, 2.24) is 4.90 Å². The fraction of sp³-hybridized carbons (Fsp3) is 0.214. The molecule has 160 valence electrons. The van der Waals surface area contributed by atoms with Gasteiger partial charge in [-0.3, -0.25) is 0 Å². The van der Waals surface area contributed by atoms with Crippen LogP contribution >= 0.6 is 28.3 Å². The van der Waals surface area contributed by atoms with Gasteiger partial charge in [0.2, 0.25) is 0 Å². The Labute approximate surface area is 201 Å². The van der Waals surface area contributed by atoms with E-state index >= 15 is 0 Å². The highest BCUT2D eigenvalue weighted by Gasteiger charge is 2.18. The minimum Gasteiger partial charge on any atom is -0.302 e. The Bertz CT molecular complexity index is 943. The van der Waals surface area contributed by atoms with Crippen molar-refractivity contribution in [2.24, 2.45) is 0 Å². The van der Waals surface area contributed by atoms with Crippen LogP contribution in [0.5, 0.6) is 0 Å². The number of nitrogens with zero attached hydrogens (tertiary/aromatic N) is 1. The molecule has 0 amide bonds. The van der Waals surface area contributed by atoms with Gasteiger partial charge < -0.3 is 4.90 Å². The SMILES string of the molecule is Brc1ccc(/C=C/CCN2CCC(=C(c3ccccc3)c3ccccc3)CC2)cc1.Cl. The normalized spacial score (nSPS) is 14.4. The van der Waals surface area contributed by atoms with Crippen molar-refractivity contribution >= 4 is 40.0 Å². The van der Waals surface area contributed by atoms with Gasteiger partial charge in [0.15, 0.2) is 0 Å². The van der Waals surface area contributed by atoms with Gasteiger partial charge in [0.1, 0.15) is 0 Å². The van der Waals surface area contributed by atoms with E-state index in [1.165, 1.54) is 22.3 Å². The Hall–Kier alpha value is -2.13. The molecule has 0 saturated carbocycles. The molecular weight excluding hydrogens is 466 g/mol. The highest BCUT2D eigenvalue weighted by molar-refractivity contribution is 9.10. The third kappa shape index (κ3) is 6.67. The van der Waals surface area contributed by atoms with Crippen LogP contribution < -0.4 is 0 Å². The monoisotopic (exact) mass is 493 g/mol. The van der Waals surface area contributed by atoms with Crippen molar-refractivity contribution in [3.05, 3.63) is 118 Å². The highest BCUT2D eigenvalue weighted by Crippen LogP contribution is 2.32. The fourth-order valence-corrected chi connectivity index (χ4v) is 4.40. The molecule has 3 heteroatoms. The first-order valence-corrected chi connectivity index (χ1v) is 11.6. The summed E-state index contributed by atoms with van der Waals surface area (Å²) >= 11 is 3.49. The van der Waals surface area contributed by atoms with Gasteiger partial charge >= 0.3 is 0 Å². The van der Waals surface area contributed by atoms with Gasteiger partial charge in [-0.1, -0.05) is 106 Å². The second kappa shape index (κ2) is 12.0. The highest BCUT2D eigenvalue weighted by atomic mass is 79.9. The van der Waals surface area contributed by atoms with Gasteiger partial charge in [-0.2, -0.15) is 0 Å². The van der Waals surface area contributed by atoms with Crippen molar-refractivity contribution in [2.45, 2.75) is 19.3 Å². The van der Waals surface area contributed by atoms with Crippen LogP contribution in [0.4, 0.5) is 0 Å². The Morgan fingerprint density at radius 1 is 0.774 bits per heavy atom. The summed E-state index contributed by atoms with van der Waals surface area (Å²) < 4.78 is 1.13. The quantitative estimate of drug-likeness (QED) is 0.337. The molecule has 4 rings (SSSR count). The van der Waals surface area contributed by atoms with Crippen LogP contribution in [0.25, 0.3) is 11.6 Å². The smallest absolute Gasteiger partial charge is 0.0175 e. The van der Waals surface area contributed by atoms with E-state index in [2.05, 4.69) is 118 Å². The van der Waals surface area contributed by atoms with Crippen LogP contribution in [0.3, 0.4) is 0 Å².